The lowest BCUT2D eigenvalue weighted by Gasteiger charge is -2.08. The Morgan fingerprint density at radius 2 is 2.05 bits per heavy atom. The minimum Gasteiger partial charge on any atom is -0.493 e. The van der Waals surface area contributed by atoms with Crippen LogP contribution < -0.4 is 4.74 Å². The summed E-state index contributed by atoms with van der Waals surface area (Å²) in [5, 5.41) is 1.57. The lowest BCUT2D eigenvalue weighted by atomic mass is 10.1. The van der Waals surface area contributed by atoms with Crippen molar-refractivity contribution in [3.05, 3.63) is 47.2 Å². The second-order valence-corrected chi connectivity index (χ2v) is 5.30. The molecule has 0 amide bonds. The maximum atomic E-state index is 6.06. The van der Waals surface area contributed by atoms with Gasteiger partial charge in [0.1, 0.15) is 5.75 Å². The third-order valence-electron chi connectivity index (χ3n) is 2.52. The molecule has 0 unspecified atom stereocenters. The van der Waals surface area contributed by atoms with Gasteiger partial charge in [-0.1, -0.05) is 30.3 Å². The van der Waals surface area contributed by atoms with E-state index in [2.05, 4.69) is 16.9 Å². The highest BCUT2D eigenvalue weighted by Crippen LogP contribution is 2.22. The van der Waals surface area contributed by atoms with Gasteiger partial charge in [0.25, 0.3) is 0 Å². The fourth-order valence-corrected chi connectivity index (χ4v) is 2.44. The largest absolute Gasteiger partial charge is 0.493 e. The molecule has 0 aliphatic heterocycles. The quantitative estimate of drug-likeness (QED) is 0.460. The first-order chi connectivity index (χ1) is 9.29. The summed E-state index contributed by atoms with van der Waals surface area (Å²) in [6, 6.07) is 7.57. The van der Waals surface area contributed by atoms with E-state index in [1.54, 1.807) is 30.2 Å². The summed E-state index contributed by atoms with van der Waals surface area (Å²) in [5.41, 5.74) is 1.11. The number of thioether (sulfide) groups is 1. The van der Waals surface area contributed by atoms with Gasteiger partial charge in [-0.2, -0.15) is 0 Å². The first-order valence-corrected chi connectivity index (χ1v) is 7.47. The molecule has 1 heterocycles. The second kappa shape index (κ2) is 7.36. The molecule has 0 bridgehead atoms. The number of halogens is 1. The molecule has 5 heteroatoms. The molecule has 100 valence electrons. The molecule has 0 atom stereocenters. The maximum absolute atomic E-state index is 6.06. The third-order valence-corrected chi connectivity index (χ3v) is 3.73. The lowest BCUT2D eigenvalue weighted by Crippen LogP contribution is -2.01. The molecule has 0 fully saturated rings. The number of benzene rings is 1. The molecule has 0 spiro atoms. The Labute approximate surface area is 122 Å². The molecule has 0 radical (unpaired) electrons. The summed E-state index contributed by atoms with van der Waals surface area (Å²) in [5.74, 6) is 1.67. The van der Waals surface area contributed by atoms with Crippen LogP contribution >= 0.6 is 23.4 Å². The van der Waals surface area contributed by atoms with Gasteiger partial charge in [0.15, 0.2) is 5.16 Å². The minimum absolute atomic E-state index is 0.619. The SMILES string of the molecule is CCc1cc(OCCSc2ncccn2)ccc1Cl. The van der Waals surface area contributed by atoms with E-state index in [0.29, 0.717) is 6.61 Å². The molecule has 0 saturated carbocycles. The Hall–Kier alpha value is -1.26. The van der Waals surface area contributed by atoms with Gasteiger partial charge in [0, 0.05) is 23.2 Å². The normalized spacial score (nSPS) is 10.4. The van der Waals surface area contributed by atoms with E-state index in [9.17, 15) is 0 Å². The third kappa shape index (κ3) is 4.40. The van der Waals surface area contributed by atoms with E-state index in [-0.39, 0.29) is 0 Å². The predicted molar refractivity (Wildman–Crippen MR) is 79.1 cm³/mol. The summed E-state index contributed by atoms with van der Waals surface area (Å²) in [6.07, 6.45) is 4.38. The number of hydrogen-bond acceptors (Lipinski definition) is 4. The summed E-state index contributed by atoms with van der Waals surface area (Å²) >= 11 is 7.64. The standard InChI is InChI=1S/C14H15ClN2OS/c1-2-11-10-12(4-5-13(11)15)18-8-9-19-14-16-6-3-7-17-14/h3-7,10H,2,8-9H2,1H3. The average molecular weight is 295 g/mol. The lowest BCUT2D eigenvalue weighted by molar-refractivity contribution is 0.343. The zero-order valence-corrected chi connectivity index (χ0v) is 12.2. The van der Waals surface area contributed by atoms with Gasteiger partial charge in [-0.05, 0) is 36.2 Å². The number of hydrogen-bond donors (Lipinski definition) is 0. The fourth-order valence-electron chi connectivity index (χ4n) is 1.56. The summed E-state index contributed by atoms with van der Waals surface area (Å²) < 4.78 is 5.69. The Balaban J connectivity index is 1.80. The van der Waals surface area contributed by atoms with E-state index in [4.69, 9.17) is 16.3 Å². The maximum Gasteiger partial charge on any atom is 0.187 e. The van der Waals surface area contributed by atoms with Crippen molar-refractivity contribution >= 4 is 23.4 Å². The van der Waals surface area contributed by atoms with Crippen molar-refractivity contribution in [1.82, 2.24) is 9.97 Å². The van der Waals surface area contributed by atoms with E-state index in [1.165, 1.54) is 0 Å². The molecule has 1 aromatic heterocycles. The second-order valence-electron chi connectivity index (χ2n) is 3.84. The smallest absolute Gasteiger partial charge is 0.187 e. The van der Waals surface area contributed by atoms with Crippen molar-refractivity contribution in [2.45, 2.75) is 18.5 Å². The number of ether oxygens (including phenoxy) is 1. The van der Waals surface area contributed by atoms with E-state index in [1.807, 2.05) is 18.2 Å². The Morgan fingerprint density at radius 1 is 1.26 bits per heavy atom. The summed E-state index contributed by atoms with van der Waals surface area (Å²) in [4.78, 5) is 8.28. The molecular weight excluding hydrogens is 280 g/mol. The van der Waals surface area contributed by atoms with Crippen LogP contribution in [0.5, 0.6) is 5.75 Å². The molecular formula is C14H15ClN2OS. The van der Waals surface area contributed by atoms with Crippen LogP contribution in [0.2, 0.25) is 5.02 Å². The van der Waals surface area contributed by atoms with E-state index >= 15 is 0 Å². The average Bonchev–Trinajstić information content (AvgIpc) is 2.46. The zero-order valence-electron chi connectivity index (χ0n) is 10.7. The molecule has 19 heavy (non-hydrogen) atoms. The predicted octanol–water partition coefficient (Wildman–Crippen LogP) is 3.86. The van der Waals surface area contributed by atoms with E-state index in [0.717, 1.165) is 33.7 Å². The number of nitrogens with zero attached hydrogens (tertiary/aromatic N) is 2. The van der Waals surface area contributed by atoms with Crippen LogP contribution in [0.1, 0.15) is 12.5 Å². The zero-order chi connectivity index (χ0) is 13.5. The molecule has 2 rings (SSSR count). The summed E-state index contributed by atoms with van der Waals surface area (Å²) in [6.45, 7) is 2.70. The molecule has 0 saturated heterocycles. The van der Waals surface area contributed by atoms with Crippen molar-refractivity contribution in [2.75, 3.05) is 12.4 Å². The number of aryl methyl sites for hydroxylation is 1. The Kier molecular flexibility index (Phi) is 5.48. The first-order valence-electron chi connectivity index (χ1n) is 6.10. The molecule has 1 aromatic carbocycles. The van der Waals surface area contributed by atoms with Gasteiger partial charge in [0.2, 0.25) is 0 Å². The van der Waals surface area contributed by atoms with Crippen LogP contribution in [-0.4, -0.2) is 22.3 Å². The van der Waals surface area contributed by atoms with Crippen LogP contribution in [0.15, 0.2) is 41.8 Å². The van der Waals surface area contributed by atoms with Gasteiger partial charge in [-0.3, -0.25) is 0 Å². The highest BCUT2D eigenvalue weighted by atomic mass is 35.5. The molecule has 0 N–H and O–H groups in total. The molecule has 0 aliphatic rings. The van der Waals surface area contributed by atoms with Crippen LogP contribution in [-0.2, 0) is 6.42 Å². The van der Waals surface area contributed by atoms with Gasteiger partial charge >= 0.3 is 0 Å². The minimum atomic E-state index is 0.619. The number of rotatable bonds is 6. The van der Waals surface area contributed by atoms with Crippen molar-refractivity contribution in [2.24, 2.45) is 0 Å². The monoisotopic (exact) mass is 294 g/mol. The van der Waals surface area contributed by atoms with E-state index < -0.39 is 0 Å². The highest BCUT2D eigenvalue weighted by molar-refractivity contribution is 7.99. The van der Waals surface area contributed by atoms with Crippen molar-refractivity contribution < 1.29 is 4.74 Å². The van der Waals surface area contributed by atoms with Crippen LogP contribution in [0, 0.1) is 0 Å². The van der Waals surface area contributed by atoms with Gasteiger partial charge in [-0.15, -0.1) is 0 Å². The van der Waals surface area contributed by atoms with Crippen molar-refractivity contribution in [3.63, 3.8) is 0 Å². The fraction of sp³-hybridized carbons (Fsp3) is 0.286. The van der Waals surface area contributed by atoms with Crippen LogP contribution in [0.4, 0.5) is 0 Å². The van der Waals surface area contributed by atoms with Crippen molar-refractivity contribution in [3.8, 4) is 5.75 Å². The van der Waals surface area contributed by atoms with Gasteiger partial charge < -0.3 is 4.74 Å². The van der Waals surface area contributed by atoms with Crippen LogP contribution in [0.3, 0.4) is 0 Å². The first kappa shape index (κ1) is 14.2. The highest BCUT2D eigenvalue weighted by Gasteiger charge is 2.01. The Bertz CT molecular complexity index is 522. The molecule has 2 aromatic rings. The van der Waals surface area contributed by atoms with Crippen molar-refractivity contribution in [1.29, 1.82) is 0 Å². The topological polar surface area (TPSA) is 35.0 Å². The van der Waals surface area contributed by atoms with Crippen LogP contribution in [0.25, 0.3) is 0 Å². The molecule has 0 aliphatic carbocycles. The van der Waals surface area contributed by atoms with Gasteiger partial charge in [-0.25, -0.2) is 9.97 Å². The van der Waals surface area contributed by atoms with Gasteiger partial charge in [0.05, 0.1) is 6.61 Å². The Morgan fingerprint density at radius 3 is 2.79 bits per heavy atom. The summed E-state index contributed by atoms with van der Waals surface area (Å²) in [7, 11) is 0. The molecule has 3 nitrogen and oxygen atoms in total. The number of aromatic nitrogens is 2.